The summed E-state index contributed by atoms with van der Waals surface area (Å²) in [4.78, 5) is 16.8. The van der Waals surface area contributed by atoms with E-state index in [0.29, 0.717) is 12.3 Å². The molecule has 2 aromatic carbocycles. The summed E-state index contributed by atoms with van der Waals surface area (Å²) in [7, 11) is 0. The average Bonchev–Trinajstić information content (AvgIpc) is 3.33. The van der Waals surface area contributed by atoms with Gasteiger partial charge < -0.3 is 14.7 Å². The number of fused-ring (bicyclic) bond motifs is 1. The highest BCUT2D eigenvalue weighted by Crippen LogP contribution is 2.37. The van der Waals surface area contributed by atoms with E-state index >= 15 is 0 Å². The number of aromatic nitrogens is 1. The third-order valence-corrected chi connectivity index (χ3v) is 5.23. The fourth-order valence-electron chi connectivity index (χ4n) is 2.86. The van der Waals surface area contributed by atoms with E-state index < -0.39 is 0 Å². The summed E-state index contributed by atoms with van der Waals surface area (Å²) >= 11 is 1.55. The quantitative estimate of drug-likeness (QED) is 0.483. The van der Waals surface area contributed by atoms with Crippen molar-refractivity contribution in [1.82, 2.24) is 10.3 Å². The summed E-state index contributed by atoms with van der Waals surface area (Å²) in [6.07, 6.45) is 1.61. The number of nitrogens with one attached hydrogen (secondary N) is 2. The van der Waals surface area contributed by atoms with Crippen LogP contribution in [0, 0.1) is 0 Å². The molecule has 2 N–H and O–H groups in total. The first-order valence-electron chi connectivity index (χ1n) is 8.39. The number of carbonyl (C=O) groups is 1. The highest BCUT2D eigenvalue weighted by atomic mass is 32.2. The van der Waals surface area contributed by atoms with E-state index in [2.05, 4.69) is 34.6 Å². The summed E-state index contributed by atoms with van der Waals surface area (Å²) in [6.45, 7) is 0.409. The number of hydrogen-bond donors (Lipinski definition) is 2. The van der Waals surface area contributed by atoms with Crippen molar-refractivity contribution < 1.29 is 9.21 Å². The molecule has 5 heteroatoms. The van der Waals surface area contributed by atoms with Crippen LogP contribution < -0.4 is 5.32 Å². The number of furan rings is 1. The first-order valence-corrected chi connectivity index (χ1v) is 9.38. The molecule has 0 aliphatic carbocycles. The molecule has 0 atom stereocenters. The molecular formula is C21H18N2O2S. The number of benzene rings is 2. The molecule has 0 bridgehead atoms. The van der Waals surface area contributed by atoms with Crippen molar-refractivity contribution in [1.29, 1.82) is 0 Å². The zero-order valence-electron chi connectivity index (χ0n) is 14.1. The molecule has 0 spiro atoms. The Morgan fingerprint density at radius 3 is 2.62 bits per heavy atom. The molecule has 0 aliphatic heterocycles. The molecule has 0 fully saturated rings. The molecule has 4 nitrogen and oxygen atoms in total. The lowest BCUT2D eigenvalue weighted by Gasteiger charge is -2.06. The summed E-state index contributed by atoms with van der Waals surface area (Å²) in [6, 6.07) is 22.0. The van der Waals surface area contributed by atoms with Crippen LogP contribution in [-0.2, 0) is 11.3 Å². The minimum atomic E-state index is -0.0179. The second kappa shape index (κ2) is 7.54. The number of aromatic amines is 1. The van der Waals surface area contributed by atoms with E-state index in [0.717, 1.165) is 32.8 Å². The second-order valence-electron chi connectivity index (χ2n) is 5.89. The van der Waals surface area contributed by atoms with Gasteiger partial charge in [0.25, 0.3) is 0 Å². The van der Waals surface area contributed by atoms with E-state index in [1.54, 1.807) is 18.0 Å². The third-order valence-electron chi connectivity index (χ3n) is 4.11. The van der Waals surface area contributed by atoms with E-state index in [-0.39, 0.29) is 5.91 Å². The number of thioether (sulfide) groups is 1. The van der Waals surface area contributed by atoms with E-state index in [1.165, 1.54) is 0 Å². The Hall–Kier alpha value is -2.92. The van der Waals surface area contributed by atoms with Gasteiger partial charge in [-0.2, -0.15) is 0 Å². The lowest BCUT2D eigenvalue weighted by molar-refractivity contribution is -0.118. The van der Waals surface area contributed by atoms with E-state index in [9.17, 15) is 4.79 Å². The number of carbonyl (C=O) groups excluding carboxylic acids is 1. The number of amides is 1. The van der Waals surface area contributed by atoms with Gasteiger partial charge >= 0.3 is 0 Å². The number of para-hydroxylation sites is 1. The fourth-order valence-corrected chi connectivity index (χ4v) is 3.89. The average molecular weight is 362 g/mol. The SMILES string of the molecule is O=C(CSc1c(-c2ccccc2)[nH]c2ccccc12)NCc1ccco1. The predicted octanol–water partition coefficient (Wildman–Crippen LogP) is 4.84. The van der Waals surface area contributed by atoms with Crippen molar-refractivity contribution in [2.45, 2.75) is 11.4 Å². The molecule has 130 valence electrons. The Morgan fingerprint density at radius 1 is 1.00 bits per heavy atom. The van der Waals surface area contributed by atoms with Gasteiger partial charge in [0, 0.05) is 15.8 Å². The fraction of sp³-hybridized carbons (Fsp3) is 0.0952. The Morgan fingerprint density at radius 2 is 1.81 bits per heavy atom. The summed E-state index contributed by atoms with van der Waals surface area (Å²) in [5.41, 5.74) is 3.24. The monoisotopic (exact) mass is 362 g/mol. The maximum absolute atomic E-state index is 12.2. The standard InChI is InChI=1S/C21H18N2O2S/c24-19(22-13-16-9-6-12-25-16)14-26-21-17-10-4-5-11-18(17)23-20(21)15-7-2-1-3-8-15/h1-12,23H,13-14H2,(H,22,24). The van der Waals surface area contributed by atoms with Gasteiger partial charge in [-0.05, 0) is 23.8 Å². The second-order valence-corrected chi connectivity index (χ2v) is 6.87. The van der Waals surface area contributed by atoms with Crippen molar-refractivity contribution in [2.24, 2.45) is 0 Å². The van der Waals surface area contributed by atoms with Gasteiger partial charge in [-0.25, -0.2) is 0 Å². The molecule has 4 aromatic rings. The highest BCUT2D eigenvalue weighted by molar-refractivity contribution is 8.00. The Bertz CT molecular complexity index is 1010. The van der Waals surface area contributed by atoms with Crippen molar-refractivity contribution >= 4 is 28.6 Å². The summed E-state index contributed by atoms with van der Waals surface area (Å²) in [5, 5.41) is 4.03. The molecule has 4 rings (SSSR count). The van der Waals surface area contributed by atoms with E-state index in [4.69, 9.17) is 4.42 Å². The minimum absolute atomic E-state index is 0.0179. The highest BCUT2D eigenvalue weighted by Gasteiger charge is 2.15. The van der Waals surface area contributed by atoms with Crippen molar-refractivity contribution in [3.8, 4) is 11.3 Å². The zero-order valence-corrected chi connectivity index (χ0v) is 14.9. The largest absolute Gasteiger partial charge is 0.467 e. The van der Waals surface area contributed by atoms with Crippen LogP contribution in [-0.4, -0.2) is 16.6 Å². The Kier molecular flexibility index (Phi) is 4.80. The van der Waals surface area contributed by atoms with Crippen LogP contribution in [0.3, 0.4) is 0 Å². The van der Waals surface area contributed by atoms with Gasteiger partial charge in [0.15, 0.2) is 0 Å². The van der Waals surface area contributed by atoms with Crippen molar-refractivity contribution in [2.75, 3.05) is 5.75 Å². The smallest absolute Gasteiger partial charge is 0.230 e. The van der Waals surface area contributed by atoms with Crippen LogP contribution in [0.5, 0.6) is 0 Å². The van der Waals surface area contributed by atoms with Gasteiger partial charge in [-0.1, -0.05) is 48.5 Å². The first-order chi connectivity index (χ1) is 12.8. The maximum Gasteiger partial charge on any atom is 0.230 e. The van der Waals surface area contributed by atoms with Crippen LogP contribution in [0.2, 0.25) is 0 Å². The van der Waals surface area contributed by atoms with Crippen LogP contribution in [0.1, 0.15) is 5.76 Å². The lowest BCUT2D eigenvalue weighted by atomic mass is 10.1. The third kappa shape index (κ3) is 3.53. The molecule has 26 heavy (non-hydrogen) atoms. The minimum Gasteiger partial charge on any atom is -0.467 e. The van der Waals surface area contributed by atoms with Gasteiger partial charge in [0.1, 0.15) is 5.76 Å². The normalized spacial score (nSPS) is 10.9. The van der Waals surface area contributed by atoms with Crippen LogP contribution in [0.15, 0.2) is 82.3 Å². The van der Waals surface area contributed by atoms with Gasteiger partial charge in [0.2, 0.25) is 5.91 Å². The molecule has 0 aliphatic rings. The predicted molar refractivity (Wildman–Crippen MR) is 105 cm³/mol. The van der Waals surface area contributed by atoms with Crippen LogP contribution in [0.25, 0.3) is 22.2 Å². The molecule has 0 saturated heterocycles. The van der Waals surface area contributed by atoms with Gasteiger partial charge in [0.05, 0.1) is 24.3 Å². The van der Waals surface area contributed by atoms with Crippen molar-refractivity contribution in [3.63, 3.8) is 0 Å². The van der Waals surface area contributed by atoms with Gasteiger partial charge in [-0.15, -0.1) is 11.8 Å². The molecule has 0 radical (unpaired) electrons. The van der Waals surface area contributed by atoms with Crippen LogP contribution in [0.4, 0.5) is 0 Å². The van der Waals surface area contributed by atoms with Gasteiger partial charge in [-0.3, -0.25) is 4.79 Å². The molecule has 0 unspecified atom stereocenters. The van der Waals surface area contributed by atoms with Crippen molar-refractivity contribution in [3.05, 3.63) is 78.8 Å². The molecule has 2 heterocycles. The summed E-state index contributed by atoms with van der Waals surface area (Å²) in [5.74, 6) is 1.08. The lowest BCUT2D eigenvalue weighted by Crippen LogP contribution is -2.24. The first kappa shape index (κ1) is 16.5. The molecule has 2 aromatic heterocycles. The number of rotatable bonds is 6. The summed E-state index contributed by atoms with van der Waals surface area (Å²) < 4.78 is 5.24. The Balaban J connectivity index is 1.54. The molecule has 1 amide bonds. The molecular weight excluding hydrogens is 344 g/mol. The maximum atomic E-state index is 12.2. The topological polar surface area (TPSA) is 58.0 Å². The number of H-pyrrole nitrogens is 1. The zero-order chi connectivity index (χ0) is 17.8. The molecule has 0 saturated carbocycles. The number of hydrogen-bond acceptors (Lipinski definition) is 3. The Labute approximate surface area is 155 Å². The van der Waals surface area contributed by atoms with Crippen LogP contribution >= 0.6 is 11.8 Å². The van der Waals surface area contributed by atoms with E-state index in [1.807, 2.05) is 42.5 Å².